The van der Waals surface area contributed by atoms with Crippen molar-refractivity contribution in [2.75, 3.05) is 11.9 Å². The minimum absolute atomic E-state index is 0.142. The van der Waals surface area contributed by atoms with Gasteiger partial charge in [0.1, 0.15) is 5.75 Å². The SMILES string of the molecule is CC[C@H](C)NS(=O)(=O)c1ccc(OCC(=O)Nc2ccccc2Br)cc1. The number of halogens is 1. The molecule has 26 heavy (non-hydrogen) atoms. The van der Waals surface area contributed by atoms with Gasteiger partial charge in [0.05, 0.1) is 10.6 Å². The molecule has 1 amide bonds. The van der Waals surface area contributed by atoms with Crippen molar-refractivity contribution in [3.05, 3.63) is 53.0 Å². The van der Waals surface area contributed by atoms with Gasteiger partial charge < -0.3 is 10.1 Å². The molecule has 0 aliphatic heterocycles. The molecule has 0 aliphatic rings. The minimum atomic E-state index is -3.56. The predicted molar refractivity (Wildman–Crippen MR) is 105 cm³/mol. The summed E-state index contributed by atoms with van der Waals surface area (Å²) < 4.78 is 33.2. The first-order valence-electron chi connectivity index (χ1n) is 8.11. The lowest BCUT2D eigenvalue weighted by Gasteiger charge is -2.12. The fourth-order valence-electron chi connectivity index (χ4n) is 2.03. The number of benzene rings is 2. The highest BCUT2D eigenvalue weighted by atomic mass is 79.9. The van der Waals surface area contributed by atoms with Crippen molar-refractivity contribution in [2.24, 2.45) is 0 Å². The first-order valence-corrected chi connectivity index (χ1v) is 10.4. The van der Waals surface area contributed by atoms with E-state index in [0.29, 0.717) is 17.9 Å². The van der Waals surface area contributed by atoms with Gasteiger partial charge in [0.25, 0.3) is 5.91 Å². The molecule has 0 aromatic heterocycles. The van der Waals surface area contributed by atoms with Crippen LogP contribution >= 0.6 is 15.9 Å². The maximum Gasteiger partial charge on any atom is 0.262 e. The van der Waals surface area contributed by atoms with Crippen LogP contribution in [-0.4, -0.2) is 27.0 Å². The summed E-state index contributed by atoms with van der Waals surface area (Å²) >= 11 is 3.35. The smallest absolute Gasteiger partial charge is 0.262 e. The summed E-state index contributed by atoms with van der Waals surface area (Å²) in [6.07, 6.45) is 0.701. The van der Waals surface area contributed by atoms with Gasteiger partial charge in [-0.1, -0.05) is 19.1 Å². The van der Waals surface area contributed by atoms with Crippen LogP contribution in [0.3, 0.4) is 0 Å². The van der Waals surface area contributed by atoms with Crippen molar-refractivity contribution in [3.63, 3.8) is 0 Å². The standard InChI is InChI=1S/C18H21BrN2O4S/c1-3-13(2)21-26(23,24)15-10-8-14(9-11-15)25-12-18(22)20-17-7-5-4-6-16(17)19/h4-11,13,21H,3,12H2,1-2H3,(H,20,22)/t13-/m0/s1. The van der Waals surface area contributed by atoms with Crippen LogP contribution in [0.1, 0.15) is 20.3 Å². The number of nitrogens with one attached hydrogen (secondary N) is 2. The number of para-hydroxylation sites is 1. The number of amides is 1. The molecule has 0 heterocycles. The number of anilines is 1. The van der Waals surface area contributed by atoms with E-state index < -0.39 is 10.0 Å². The number of hydrogen-bond donors (Lipinski definition) is 2. The van der Waals surface area contributed by atoms with Crippen LogP contribution in [0, 0.1) is 0 Å². The second kappa shape index (κ2) is 9.16. The molecule has 0 fully saturated rings. The number of sulfonamides is 1. The fourth-order valence-corrected chi connectivity index (χ4v) is 3.74. The quantitative estimate of drug-likeness (QED) is 0.657. The Morgan fingerprint density at radius 3 is 2.42 bits per heavy atom. The second-order valence-corrected chi connectivity index (χ2v) is 8.29. The maximum absolute atomic E-state index is 12.2. The van der Waals surface area contributed by atoms with Crippen LogP contribution in [0.15, 0.2) is 57.9 Å². The average Bonchev–Trinajstić information content (AvgIpc) is 2.62. The molecule has 2 aromatic carbocycles. The average molecular weight is 441 g/mol. The predicted octanol–water partition coefficient (Wildman–Crippen LogP) is 3.54. The Morgan fingerprint density at radius 1 is 1.15 bits per heavy atom. The highest BCUT2D eigenvalue weighted by Gasteiger charge is 2.16. The van der Waals surface area contributed by atoms with Gasteiger partial charge in [0, 0.05) is 10.5 Å². The third kappa shape index (κ3) is 5.82. The minimum Gasteiger partial charge on any atom is -0.484 e. The van der Waals surface area contributed by atoms with Crippen molar-refractivity contribution >= 4 is 37.5 Å². The van der Waals surface area contributed by atoms with Crippen LogP contribution < -0.4 is 14.8 Å². The molecule has 0 saturated heterocycles. The van der Waals surface area contributed by atoms with Crippen LogP contribution in [0.4, 0.5) is 5.69 Å². The Hall–Kier alpha value is -1.90. The van der Waals surface area contributed by atoms with Crippen molar-refractivity contribution in [2.45, 2.75) is 31.2 Å². The molecule has 8 heteroatoms. The van der Waals surface area contributed by atoms with Gasteiger partial charge >= 0.3 is 0 Å². The van der Waals surface area contributed by atoms with E-state index >= 15 is 0 Å². The molecule has 0 saturated carbocycles. The largest absolute Gasteiger partial charge is 0.484 e. The van der Waals surface area contributed by atoms with E-state index in [9.17, 15) is 13.2 Å². The topological polar surface area (TPSA) is 84.5 Å². The second-order valence-electron chi connectivity index (χ2n) is 5.72. The van der Waals surface area contributed by atoms with E-state index in [1.165, 1.54) is 24.3 Å². The molecule has 0 aliphatic carbocycles. The third-order valence-electron chi connectivity index (χ3n) is 3.62. The summed E-state index contributed by atoms with van der Waals surface area (Å²) in [5, 5.41) is 2.73. The van der Waals surface area contributed by atoms with E-state index in [-0.39, 0.29) is 23.5 Å². The molecule has 2 aromatic rings. The van der Waals surface area contributed by atoms with Crippen molar-refractivity contribution < 1.29 is 17.9 Å². The molecule has 0 unspecified atom stereocenters. The van der Waals surface area contributed by atoms with Gasteiger partial charge in [0.15, 0.2) is 6.61 Å². The molecule has 2 N–H and O–H groups in total. The number of hydrogen-bond acceptors (Lipinski definition) is 4. The van der Waals surface area contributed by atoms with Crippen LogP contribution in [-0.2, 0) is 14.8 Å². The summed E-state index contributed by atoms with van der Waals surface area (Å²) in [4.78, 5) is 12.1. The summed E-state index contributed by atoms with van der Waals surface area (Å²) in [5.74, 6) is 0.0989. The number of ether oxygens (including phenoxy) is 1. The molecular formula is C18H21BrN2O4S. The third-order valence-corrected chi connectivity index (χ3v) is 5.92. The zero-order valence-electron chi connectivity index (χ0n) is 14.5. The van der Waals surface area contributed by atoms with Crippen molar-refractivity contribution in [3.8, 4) is 5.75 Å². The number of rotatable bonds is 8. The van der Waals surface area contributed by atoms with E-state index in [1.54, 1.807) is 13.0 Å². The summed E-state index contributed by atoms with van der Waals surface area (Å²) in [5.41, 5.74) is 0.652. The first-order chi connectivity index (χ1) is 12.3. The van der Waals surface area contributed by atoms with Crippen LogP contribution in [0.25, 0.3) is 0 Å². The normalized spacial score (nSPS) is 12.4. The molecule has 0 radical (unpaired) electrons. The number of carbonyl (C=O) groups excluding carboxylic acids is 1. The van der Waals surface area contributed by atoms with Crippen molar-refractivity contribution in [1.29, 1.82) is 0 Å². The zero-order chi connectivity index (χ0) is 19.2. The molecular weight excluding hydrogens is 420 g/mol. The molecule has 6 nitrogen and oxygen atoms in total. The Balaban J connectivity index is 1.93. The lowest BCUT2D eigenvalue weighted by molar-refractivity contribution is -0.118. The van der Waals surface area contributed by atoms with E-state index in [2.05, 4.69) is 26.0 Å². The molecule has 0 spiro atoms. The van der Waals surface area contributed by atoms with Crippen LogP contribution in [0.5, 0.6) is 5.75 Å². The number of carbonyl (C=O) groups is 1. The van der Waals surface area contributed by atoms with Gasteiger partial charge in [-0.05, 0) is 65.7 Å². The Kier molecular flexibility index (Phi) is 7.19. The highest BCUT2D eigenvalue weighted by Crippen LogP contribution is 2.21. The highest BCUT2D eigenvalue weighted by molar-refractivity contribution is 9.10. The van der Waals surface area contributed by atoms with Gasteiger partial charge in [-0.25, -0.2) is 13.1 Å². The Morgan fingerprint density at radius 2 is 1.81 bits per heavy atom. The summed E-state index contributed by atoms with van der Waals surface area (Å²) in [7, 11) is -3.56. The molecule has 2 rings (SSSR count). The first kappa shape index (κ1) is 20.4. The van der Waals surface area contributed by atoms with Gasteiger partial charge in [-0.2, -0.15) is 0 Å². The van der Waals surface area contributed by atoms with Gasteiger partial charge in [-0.15, -0.1) is 0 Å². The van der Waals surface area contributed by atoms with Gasteiger partial charge in [0.2, 0.25) is 10.0 Å². The summed E-state index contributed by atoms with van der Waals surface area (Å²) in [6, 6.07) is 13.1. The van der Waals surface area contributed by atoms with E-state index in [1.807, 2.05) is 25.1 Å². The van der Waals surface area contributed by atoms with Crippen LogP contribution in [0.2, 0.25) is 0 Å². The van der Waals surface area contributed by atoms with Crippen molar-refractivity contribution in [1.82, 2.24) is 4.72 Å². The Bertz CT molecular complexity index is 854. The zero-order valence-corrected chi connectivity index (χ0v) is 16.9. The maximum atomic E-state index is 12.2. The lowest BCUT2D eigenvalue weighted by Crippen LogP contribution is -2.31. The van der Waals surface area contributed by atoms with Gasteiger partial charge in [-0.3, -0.25) is 4.79 Å². The molecule has 0 bridgehead atoms. The lowest BCUT2D eigenvalue weighted by atomic mass is 10.3. The molecule has 1 atom stereocenters. The van der Waals surface area contributed by atoms with E-state index in [4.69, 9.17) is 4.74 Å². The fraction of sp³-hybridized carbons (Fsp3) is 0.278. The Labute approximate surface area is 162 Å². The molecule has 140 valence electrons. The summed E-state index contributed by atoms with van der Waals surface area (Å²) in [6.45, 7) is 3.53. The monoisotopic (exact) mass is 440 g/mol. The van der Waals surface area contributed by atoms with E-state index in [0.717, 1.165) is 4.47 Å².